The van der Waals surface area contributed by atoms with E-state index in [2.05, 4.69) is 116 Å². The van der Waals surface area contributed by atoms with Crippen LogP contribution < -0.4 is 15.3 Å². The van der Waals surface area contributed by atoms with Crippen molar-refractivity contribution in [3.8, 4) is 11.3 Å². The maximum Gasteiger partial charge on any atom is 3.00 e. The molecule has 0 aliphatic carbocycles. The van der Waals surface area contributed by atoms with Gasteiger partial charge in [0.15, 0.2) is 0 Å². The molecule has 0 saturated heterocycles. The molecule has 66 heavy (non-hydrogen) atoms. The van der Waals surface area contributed by atoms with E-state index in [1.54, 1.807) is 0 Å². The van der Waals surface area contributed by atoms with Crippen LogP contribution in [0.3, 0.4) is 0 Å². The number of nitrogens with zero attached hydrogens (tertiary/aromatic N) is 4. The molecule has 6 aromatic carbocycles. The van der Waals surface area contributed by atoms with Gasteiger partial charge in [-0.05, 0) is 84.5 Å². The van der Waals surface area contributed by atoms with Crippen molar-refractivity contribution >= 4 is 89.1 Å². The first-order valence-corrected chi connectivity index (χ1v) is 25.6. The number of anilines is 2. The number of benzene rings is 6. The number of hydrogen-bond acceptors (Lipinski definition) is 5. The third-order valence-corrected chi connectivity index (χ3v) is 17.2. The van der Waals surface area contributed by atoms with Crippen molar-refractivity contribution in [1.29, 1.82) is 0 Å². The number of hydrogen-bond donors (Lipinski definition) is 0. The molecule has 10 heteroatoms. The quantitative estimate of drug-likeness (QED) is 0.0907. The fraction of sp³-hybridized carbons (Fsp3) is 0.179. The van der Waals surface area contributed by atoms with Crippen molar-refractivity contribution in [2.45, 2.75) is 60.2 Å². The molecule has 4 aromatic heterocycles. The summed E-state index contributed by atoms with van der Waals surface area (Å²) in [6, 6.07) is 46.9. The van der Waals surface area contributed by atoms with E-state index in [0.29, 0.717) is 16.4 Å². The summed E-state index contributed by atoms with van der Waals surface area (Å²) in [6.45, 7) is 10.9. The molecule has 0 saturated carbocycles. The Morgan fingerprint density at radius 1 is 0.879 bits per heavy atom. The van der Waals surface area contributed by atoms with Crippen LogP contribution >= 0.6 is 11.3 Å². The summed E-state index contributed by atoms with van der Waals surface area (Å²) in [5.41, 5.74) is 9.78. The third-order valence-electron chi connectivity index (χ3n) is 12.4. The van der Waals surface area contributed by atoms with Gasteiger partial charge in [0.1, 0.15) is 24.1 Å². The molecular formula is C56H47F2IrN4OSSi. The van der Waals surface area contributed by atoms with Crippen LogP contribution in [-0.2, 0) is 26.5 Å². The van der Waals surface area contributed by atoms with Gasteiger partial charge in [0, 0.05) is 43.8 Å². The van der Waals surface area contributed by atoms with E-state index in [4.69, 9.17) is 13.8 Å². The molecule has 11 rings (SSSR count). The second-order valence-electron chi connectivity index (χ2n) is 17.7. The van der Waals surface area contributed by atoms with Gasteiger partial charge in [-0.2, -0.15) is 33.9 Å². The maximum absolute atomic E-state index is 14.7. The number of pyridine rings is 2. The van der Waals surface area contributed by atoms with Crippen LogP contribution in [0.1, 0.15) is 51.9 Å². The van der Waals surface area contributed by atoms with Crippen molar-refractivity contribution in [1.82, 2.24) is 9.97 Å². The number of aromatic nitrogens is 2. The summed E-state index contributed by atoms with van der Waals surface area (Å²) in [6.07, 6.45) is 2.41. The van der Waals surface area contributed by atoms with Crippen molar-refractivity contribution in [3.05, 3.63) is 191 Å². The summed E-state index contributed by atoms with van der Waals surface area (Å²) in [5, 5.41) is 12.0. The Hall–Kier alpha value is -6.03. The van der Waals surface area contributed by atoms with Gasteiger partial charge in [-0.25, -0.2) is 4.98 Å². The number of furan rings is 1. The van der Waals surface area contributed by atoms with Crippen LogP contribution in [-0.4, -0.2) is 18.0 Å². The molecule has 0 amide bonds. The van der Waals surface area contributed by atoms with Crippen LogP contribution in [0.15, 0.2) is 138 Å². The molecule has 10 aromatic rings. The van der Waals surface area contributed by atoms with E-state index in [1.807, 2.05) is 66.9 Å². The van der Waals surface area contributed by atoms with Crippen molar-refractivity contribution < 1.29 is 37.4 Å². The van der Waals surface area contributed by atoms with Gasteiger partial charge in [0.05, 0.1) is 0 Å². The number of aryl methyl sites for hydroxylation is 3. The van der Waals surface area contributed by atoms with Gasteiger partial charge in [0.2, 0.25) is 5.95 Å². The molecule has 0 fully saturated rings. The minimum Gasteiger partial charge on any atom is -0.661 e. The van der Waals surface area contributed by atoms with E-state index in [-0.39, 0.29) is 37.4 Å². The van der Waals surface area contributed by atoms with Crippen molar-refractivity contribution in [2.75, 3.05) is 4.90 Å². The Labute approximate surface area is 407 Å². The first-order chi connectivity index (χ1) is 32.6. The first kappa shape index (κ1) is 41.4. The monoisotopic (exact) mass is 1090 g/mol. The fourth-order valence-corrected chi connectivity index (χ4v) is 13.3. The Morgan fingerprint density at radius 2 is 1.65 bits per heavy atom. The first-order valence-electron chi connectivity index (χ1n) is 23.3. The average Bonchev–Trinajstić information content (AvgIpc) is 4.00. The molecule has 5 heterocycles. The van der Waals surface area contributed by atoms with E-state index in [1.165, 1.54) is 39.4 Å². The summed E-state index contributed by atoms with van der Waals surface area (Å²) < 4.78 is 58.5. The Kier molecular flexibility index (Phi) is 11.3. The molecule has 330 valence electrons. The van der Waals surface area contributed by atoms with Crippen molar-refractivity contribution in [2.24, 2.45) is 5.92 Å². The van der Waals surface area contributed by atoms with Crippen LogP contribution in [0, 0.1) is 50.5 Å². The summed E-state index contributed by atoms with van der Waals surface area (Å²) in [4.78, 5) is 11.7. The molecule has 0 bridgehead atoms. The number of halogens is 2. The number of rotatable bonds is 7. The average molecular weight is 1090 g/mol. The zero-order valence-corrected chi connectivity index (χ0v) is 41.5. The predicted molar refractivity (Wildman–Crippen MR) is 268 cm³/mol. The predicted octanol–water partition coefficient (Wildman–Crippen LogP) is 14.8. The van der Waals surface area contributed by atoms with E-state index >= 15 is 0 Å². The molecular weight excluding hydrogens is 1040 g/mol. The molecule has 1 aliphatic heterocycles. The van der Waals surface area contributed by atoms with Gasteiger partial charge in [-0.3, -0.25) is 4.39 Å². The summed E-state index contributed by atoms with van der Waals surface area (Å²) in [5.74, 6) is -0.648. The molecule has 5 nitrogen and oxygen atoms in total. The van der Waals surface area contributed by atoms with Crippen LogP contribution in [0.2, 0.25) is 13.1 Å². The topological polar surface area (TPSA) is 56.3 Å². The van der Waals surface area contributed by atoms with Gasteiger partial charge >= 0.3 is 20.1 Å². The van der Waals surface area contributed by atoms with Gasteiger partial charge in [-0.1, -0.05) is 128 Å². The molecule has 0 N–H and O–H groups in total. The molecule has 1 unspecified atom stereocenters. The standard InChI is InChI=1S/C32H20FN3OS.C24H27FNSi.Ir/c1-17-16-23-19-8-3-6-13-26(19)37-29(23)18(2)28(17)36-25-12-5-4-11-24(25)34-31(36)22-10-7-9-20-21-14-15-27(33)35-32(21)38-30(20)22;1-17(2)13-19-15-23(21-12-11-18(3)14-22(21)25)26-16-24(19)27(4,5)20-9-7-6-8-10-20;/h3-9,11-16,31H,1-2H3;6-11,14-17H,13H2,1-5H3;/q-2;-1;+3/i;3D3;. The normalized spacial score (nSPS) is 14.4. The third kappa shape index (κ3) is 8.04. The minimum absolute atomic E-state index is 0. The van der Waals surface area contributed by atoms with Gasteiger partial charge in [0.25, 0.3) is 0 Å². The second kappa shape index (κ2) is 18.0. The Bertz CT molecular complexity index is 3560. The SMILES string of the molecule is Cc1cc2c(oc3ccccc32)c(C)c1N1c2ccccc2[N-]C1c1[c-]ccc2c1sc1nc(F)ccc12.[2H]C([2H])([2H])c1c[c-]c(-c2cc(CC(C)C)c([Si](C)(C)c3ccccc3)cn2)c(F)c1.[Ir+3]. The largest absolute Gasteiger partial charge is 3.00 e. The summed E-state index contributed by atoms with van der Waals surface area (Å²) >= 11 is 1.49. The van der Waals surface area contributed by atoms with E-state index < -0.39 is 26.7 Å². The van der Waals surface area contributed by atoms with Gasteiger partial charge < -0.3 is 19.6 Å². The fourth-order valence-electron chi connectivity index (χ4n) is 9.37. The zero-order chi connectivity index (χ0) is 47.6. The Morgan fingerprint density at radius 3 is 2.44 bits per heavy atom. The minimum atomic E-state index is -2.36. The number of para-hydroxylation sites is 3. The smallest absolute Gasteiger partial charge is 0.661 e. The molecule has 1 atom stereocenters. The maximum atomic E-state index is 14.7. The zero-order valence-electron chi connectivity index (χ0n) is 40.3. The van der Waals surface area contributed by atoms with Crippen LogP contribution in [0.4, 0.5) is 25.8 Å². The van der Waals surface area contributed by atoms with E-state index in [9.17, 15) is 8.78 Å². The number of fused-ring (bicyclic) bond motifs is 7. The van der Waals surface area contributed by atoms with Crippen molar-refractivity contribution in [3.63, 3.8) is 0 Å². The summed E-state index contributed by atoms with van der Waals surface area (Å²) in [7, 11) is -1.98. The van der Waals surface area contributed by atoms with E-state index in [0.717, 1.165) is 83.7 Å². The molecule has 0 spiro atoms. The Balaban J connectivity index is 0.000000175. The van der Waals surface area contributed by atoms with Gasteiger partial charge in [-0.15, -0.1) is 40.4 Å². The molecule has 0 radical (unpaired) electrons. The van der Waals surface area contributed by atoms with Crippen LogP contribution in [0.25, 0.3) is 58.8 Å². The molecule has 1 aliphatic rings. The number of thiophene rings is 1. The van der Waals surface area contributed by atoms with Crippen LogP contribution in [0.5, 0.6) is 0 Å². The second-order valence-corrected chi connectivity index (χ2v) is 23.0.